The lowest BCUT2D eigenvalue weighted by atomic mass is 9.89. The first-order valence-electron chi connectivity index (χ1n) is 8.26. The Balaban J connectivity index is 1.32. The molecule has 2 fully saturated rings. The van der Waals surface area contributed by atoms with Crippen LogP contribution in [0.4, 0.5) is 0 Å². The van der Waals surface area contributed by atoms with Crippen molar-refractivity contribution >= 4 is 0 Å². The molecule has 3 aliphatic rings. The average Bonchev–Trinajstić information content (AvgIpc) is 3.01. The second-order valence-corrected chi connectivity index (χ2v) is 7.13. The number of allylic oxidation sites excluding steroid dienone is 3. The number of nitrogens with one attached hydrogen (secondary N) is 1. The lowest BCUT2D eigenvalue weighted by Gasteiger charge is -2.20. The van der Waals surface area contributed by atoms with Gasteiger partial charge in [0.05, 0.1) is 12.2 Å². The maximum absolute atomic E-state index is 4.52. The molecule has 1 aromatic rings. The predicted molar refractivity (Wildman–Crippen MR) is 84.8 cm³/mol. The Bertz CT molecular complexity index is 579. The van der Waals surface area contributed by atoms with Crippen molar-refractivity contribution in [2.45, 2.75) is 39.3 Å². The largest absolute Gasteiger partial charge is 0.312 e. The van der Waals surface area contributed by atoms with Gasteiger partial charge in [0.1, 0.15) is 0 Å². The van der Waals surface area contributed by atoms with Crippen LogP contribution in [0.3, 0.4) is 0 Å². The minimum absolute atomic E-state index is 0.719. The zero-order valence-electron chi connectivity index (χ0n) is 12.9. The molecule has 2 saturated carbocycles. The molecule has 3 aliphatic carbocycles. The van der Waals surface area contributed by atoms with E-state index in [1.165, 1.54) is 24.8 Å². The van der Waals surface area contributed by atoms with E-state index in [1.54, 1.807) is 0 Å². The quantitative estimate of drug-likeness (QED) is 0.813. The van der Waals surface area contributed by atoms with Crippen LogP contribution < -0.4 is 5.32 Å². The molecule has 3 nitrogen and oxygen atoms in total. The number of hydrogen-bond acceptors (Lipinski definition) is 2. The maximum Gasteiger partial charge on any atom is 0.0638 e. The van der Waals surface area contributed by atoms with Gasteiger partial charge >= 0.3 is 0 Å². The van der Waals surface area contributed by atoms with E-state index < -0.39 is 0 Å². The third-order valence-electron chi connectivity index (χ3n) is 5.93. The highest BCUT2D eigenvalue weighted by Gasteiger charge is 2.62. The summed E-state index contributed by atoms with van der Waals surface area (Å²) in [5.74, 6) is 2.61. The van der Waals surface area contributed by atoms with Gasteiger partial charge in [0.2, 0.25) is 0 Å². The van der Waals surface area contributed by atoms with Gasteiger partial charge in [-0.2, -0.15) is 5.10 Å². The van der Waals surface area contributed by atoms with Crippen LogP contribution >= 0.6 is 0 Å². The molecule has 0 unspecified atom stereocenters. The molecular weight excluding hydrogens is 258 g/mol. The molecule has 3 heteroatoms. The average molecular weight is 283 g/mol. The van der Waals surface area contributed by atoms with Crippen molar-refractivity contribution in [2.75, 3.05) is 6.54 Å². The highest BCUT2D eigenvalue weighted by Crippen LogP contribution is 2.69. The summed E-state index contributed by atoms with van der Waals surface area (Å²) in [5.41, 5.74) is 3.17. The molecule has 0 aliphatic heterocycles. The van der Waals surface area contributed by atoms with E-state index in [0.29, 0.717) is 0 Å². The van der Waals surface area contributed by atoms with Crippen molar-refractivity contribution in [3.8, 4) is 0 Å². The van der Waals surface area contributed by atoms with Crippen molar-refractivity contribution in [2.24, 2.45) is 23.2 Å². The first-order chi connectivity index (χ1) is 10.2. The number of hydrogen-bond donors (Lipinski definition) is 1. The predicted octanol–water partition coefficient (Wildman–Crippen LogP) is 3.07. The van der Waals surface area contributed by atoms with E-state index >= 15 is 0 Å². The van der Waals surface area contributed by atoms with Crippen LogP contribution in [0, 0.1) is 30.1 Å². The maximum atomic E-state index is 4.52. The van der Waals surface area contributed by atoms with Crippen molar-refractivity contribution < 1.29 is 0 Å². The van der Waals surface area contributed by atoms with Gasteiger partial charge in [-0.15, -0.1) is 6.58 Å². The summed E-state index contributed by atoms with van der Waals surface area (Å²) >= 11 is 0. The molecule has 1 aromatic heterocycles. The van der Waals surface area contributed by atoms with Crippen molar-refractivity contribution in [3.63, 3.8) is 0 Å². The SMILES string of the molecule is C=CCn1cc(CNC[C@@H]2C[C@@H]3C=C[C@@H]2C32CC2)c(C)n1. The van der Waals surface area contributed by atoms with Crippen molar-refractivity contribution in [3.05, 3.63) is 42.3 Å². The fourth-order valence-electron chi connectivity index (χ4n) is 4.71. The summed E-state index contributed by atoms with van der Waals surface area (Å²) in [6.07, 6.45) is 13.4. The summed E-state index contributed by atoms with van der Waals surface area (Å²) < 4.78 is 1.97. The lowest BCUT2D eigenvalue weighted by Crippen LogP contribution is -2.26. The van der Waals surface area contributed by atoms with E-state index in [1.807, 2.05) is 10.8 Å². The third kappa shape index (κ3) is 2.10. The number of aromatic nitrogens is 2. The van der Waals surface area contributed by atoms with Gasteiger partial charge in [0.25, 0.3) is 0 Å². The van der Waals surface area contributed by atoms with Crippen molar-refractivity contribution in [1.29, 1.82) is 0 Å². The van der Waals surface area contributed by atoms with E-state index in [2.05, 4.69) is 42.3 Å². The van der Waals surface area contributed by atoms with Gasteiger partial charge in [-0.1, -0.05) is 18.2 Å². The number of nitrogens with zero attached hydrogens (tertiary/aromatic N) is 2. The van der Waals surface area contributed by atoms with Crippen LogP contribution in [0.1, 0.15) is 30.5 Å². The standard InChI is InChI=1S/C18H25N3/c1-3-8-21-12-15(13(2)20-21)11-19-10-14-9-16-4-5-17(14)18(16)6-7-18/h3-5,12,14,16-17,19H,1,6-11H2,2H3/t14-,16-,17-/m0/s1. The van der Waals surface area contributed by atoms with Crippen LogP contribution in [0.2, 0.25) is 0 Å². The van der Waals surface area contributed by atoms with Gasteiger partial charge in [-0.3, -0.25) is 4.68 Å². The molecular formula is C18H25N3. The fraction of sp³-hybridized carbons (Fsp3) is 0.611. The summed E-state index contributed by atoms with van der Waals surface area (Å²) in [4.78, 5) is 0. The highest BCUT2D eigenvalue weighted by atomic mass is 15.3. The summed E-state index contributed by atoms with van der Waals surface area (Å²) in [5, 5.41) is 8.19. The summed E-state index contributed by atoms with van der Waals surface area (Å²) in [6.45, 7) is 8.74. The first-order valence-corrected chi connectivity index (χ1v) is 8.26. The Morgan fingerprint density at radius 3 is 3.05 bits per heavy atom. The molecule has 1 heterocycles. The summed E-state index contributed by atoms with van der Waals surface area (Å²) in [6, 6.07) is 0. The molecule has 1 N–H and O–H groups in total. The molecule has 0 aromatic carbocycles. The zero-order chi connectivity index (χ0) is 14.4. The molecule has 0 saturated heterocycles. The molecule has 2 bridgehead atoms. The molecule has 1 spiro atoms. The monoisotopic (exact) mass is 283 g/mol. The van der Waals surface area contributed by atoms with Gasteiger partial charge in [0.15, 0.2) is 0 Å². The molecule has 21 heavy (non-hydrogen) atoms. The summed E-state index contributed by atoms with van der Waals surface area (Å²) in [7, 11) is 0. The molecule has 4 rings (SSSR count). The van der Waals surface area contributed by atoms with E-state index in [0.717, 1.165) is 48.5 Å². The van der Waals surface area contributed by atoms with E-state index in [-0.39, 0.29) is 0 Å². The Morgan fingerprint density at radius 1 is 1.48 bits per heavy atom. The van der Waals surface area contributed by atoms with Crippen LogP contribution in [0.15, 0.2) is 31.0 Å². The first kappa shape index (κ1) is 13.3. The minimum Gasteiger partial charge on any atom is -0.312 e. The van der Waals surface area contributed by atoms with Gasteiger partial charge < -0.3 is 5.32 Å². The topological polar surface area (TPSA) is 29.9 Å². The second-order valence-electron chi connectivity index (χ2n) is 7.13. The van der Waals surface area contributed by atoms with Crippen LogP contribution in [-0.2, 0) is 13.1 Å². The van der Waals surface area contributed by atoms with Crippen LogP contribution in [-0.4, -0.2) is 16.3 Å². The fourth-order valence-corrected chi connectivity index (χ4v) is 4.71. The normalized spacial score (nSPS) is 31.2. The van der Waals surface area contributed by atoms with E-state index in [9.17, 15) is 0 Å². The number of rotatable bonds is 6. The Labute approximate surface area is 127 Å². The third-order valence-corrected chi connectivity index (χ3v) is 5.93. The van der Waals surface area contributed by atoms with Crippen LogP contribution in [0.25, 0.3) is 0 Å². The molecule has 0 amide bonds. The lowest BCUT2D eigenvalue weighted by molar-refractivity contribution is 0.350. The van der Waals surface area contributed by atoms with Crippen molar-refractivity contribution in [1.82, 2.24) is 15.1 Å². The second kappa shape index (κ2) is 4.84. The van der Waals surface area contributed by atoms with E-state index in [4.69, 9.17) is 0 Å². The highest BCUT2D eigenvalue weighted by molar-refractivity contribution is 5.26. The minimum atomic E-state index is 0.719. The number of aryl methyl sites for hydroxylation is 1. The Hall–Kier alpha value is -1.35. The smallest absolute Gasteiger partial charge is 0.0638 e. The molecule has 112 valence electrons. The zero-order valence-corrected chi connectivity index (χ0v) is 12.9. The Kier molecular flexibility index (Phi) is 3.07. The van der Waals surface area contributed by atoms with Gasteiger partial charge in [-0.25, -0.2) is 0 Å². The molecule has 0 radical (unpaired) electrons. The van der Waals surface area contributed by atoms with Gasteiger partial charge in [-0.05, 0) is 55.9 Å². The van der Waals surface area contributed by atoms with Gasteiger partial charge in [0, 0.05) is 18.3 Å². The Morgan fingerprint density at radius 2 is 2.33 bits per heavy atom. The van der Waals surface area contributed by atoms with Crippen LogP contribution in [0.5, 0.6) is 0 Å². The molecule has 3 atom stereocenters.